The molecule has 0 heterocycles. The van der Waals surface area contributed by atoms with E-state index in [0.717, 1.165) is 12.3 Å². The highest BCUT2D eigenvalue weighted by Crippen LogP contribution is 2.21. The molecule has 0 aliphatic carbocycles. The first-order chi connectivity index (χ1) is 9.51. The molecule has 120 valence electrons. The van der Waals surface area contributed by atoms with Gasteiger partial charge in [0.2, 0.25) is 0 Å². The molecule has 0 unspecified atom stereocenters. The maximum Gasteiger partial charge on any atom is 0.305 e. The molecule has 0 aliphatic heterocycles. The zero-order chi connectivity index (χ0) is 15.4. The minimum absolute atomic E-state index is 0.0577. The molecule has 0 aliphatic rings. The Hall–Kier alpha value is -0.530. The van der Waals surface area contributed by atoms with Crippen molar-refractivity contribution in [2.45, 2.75) is 98.5 Å². The molecule has 0 aromatic rings. The summed E-state index contributed by atoms with van der Waals surface area (Å²) in [7, 11) is 0. The number of carbonyl (C=O) groups is 1. The van der Waals surface area contributed by atoms with Crippen molar-refractivity contribution in [3.63, 3.8) is 0 Å². The quantitative estimate of drug-likeness (QED) is 0.337. The smallest absolute Gasteiger partial charge is 0.305 e. The molecule has 0 saturated carbocycles. The van der Waals surface area contributed by atoms with Gasteiger partial charge >= 0.3 is 5.97 Å². The van der Waals surface area contributed by atoms with E-state index < -0.39 is 0 Å². The van der Waals surface area contributed by atoms with Crippen molar-refractivity contribution >= 4 is 5.97 Å². The van der Waals surface area contributed by atoms with Crippen molar-refractivity contribution in [1.29, 1.82) is 0 Å². The average molecular weight is 284 g/mol. The number of ether oxygens (including phenoxy) is 1. The molecule has 0 radical (unpaired) electrons. The molecule has 0 N–H and O–H groups in total. The molecule has 0 fully saturated rings. The summed E-state index contributed by atoms with van der Waals surface area (Å²) in [6.45, 7) is 10.7. The van der Waals surface area contributed by atoms with Gasteiger partial charge in [0.1, 0.15) is 6.10 Å². The van der Waals surface area contributed by atoms with E-state index in [1.807, 2.05) is 13.8 Å². The Kier molecular flexibility index (Phi) is 11.9. The Morgan fingerprint density at radius 1 is 0.900 bits per heavy atom. The largest absolute Gasteiger partial charge is 0.462 e. The van der Waals surface area contributed by atoms with Gasteiger partial charge in [0, 0.05) is 6.42 Å². The van der Waals surface area contributed by atoms with Crippen molar-refractivity contribution in [3.05, 3.63) is 0 Å². The fourth-order valence-electron chi connectivity index (χ4n) is 2.49. The predicted molar refractivity (Wildman–Crippen MR) is 86.8 cm³/mol. The van der Waals surface area contributed by atoms with Gasteiger partial charge in [0.15, 0.2) is 0 Å². The molecule has 2 heteroatoms. The van der Waals surface area contributed by atoms with Crippen LogP contribution in [0.3, 0.4) is 0 Å². The topological polar surface area (TPSA) is 26.3 Å². The maximum atomic E-state index is 11.3. The van der Waals surface area contributed by atoms with Gasteiger partial charge in [-0.15, -0.1) is 0 Å². The van der Waals surface area contributed by atoms with Crippen LogP contribution >= 0.6 is 0 Å². The number of unbranched alkanes of at least 4 members (excludes halogenated alkanes) is 3. The molecule has 3 atom stereocenters. The normalized spacial score (nSPS) is 15.7. The van der Waals surface area contributed by atoms with E-state index in [1.165, 1.54) is 44.9 Å². The molecular formula is C18H36O2. The lowest BCUT2D eigenvalue weighted by Gasteiger charge is -2.21. The van der Waals surface area contributed by atoms with Gasteiger partial charge in [-0.25, -0.2) is 0 Å². The van der Waals surface area contributed by atoms with Crippen LogP contribution in [0.4, 0.5) is 0 Å². The third kappa shape index (κ3) is 10.3. The standard InChI is InChI=1S/C18H36O2/c1-6-8-9-10-12-15(3)13-11-14-16(4)17(5)20-18(19)7-2/h15-17H,6-14H2,1-5H3/t15-,16+,17-/m0/s1. The van der Waals surface area contributed by atoms with Gasteiger partial charge in [0.25, 0.3) is 0 Å². The Balaban J connectivity index is 3.63. The Morgan fingerprint density at radius 3 is 2.15 bits per heavy atom. The number of hydrogen-bond donors (Lipinski definition) is 0. The highest BCUT2D eigenvalue weighted by Gasteiger charge is 2.16. The molecule has 0 bridgehead atoms. The summed E-state index contributed by atoms with van der Waals surface area (Å²) < 4.78 is 5.37. The summed E-state index contributed by atoms with van der Waals surface area (Å²) in [6, 6.07) is 0. The van der Waals surface area contributed by atoms with Crippen molar-refractivity contribution in [2.75, 3.05) is 0 Å². The summed E-state index contributed by atoms with van der Waals surface area (Å²) in [5, 5.41) is 0. The number of rotatable bonds is 12. The monoisotopic (exact) mass is 284 g/mol. The first kappa shape index (κ1) is 19.5. The van der Waals surface area contributed by atoms with Crippen molar-refractivity contribution in [3.8, 4) is 0 Å². The van der Waals surface area contributed by atoms with E-state index in [1.54, 1.807) is 0 Å². The second kappa shape index (κ2) is 12.2. The van der Waals surface area contributed by atoms with Crippen LogP contribution in [0.2, 0.25) is 0 Å². The lowest BCUT2D eigenvalue weighted by molar-refractivity contribution is -0.150. The summed E-state index contributed by atoms with van der Waals surface area (Å²) in [5.41, 5.74) is 0. The van der Waals surface area contributed by atoms with Crippen molar-refractivity contribution < 1.29 is 9.53 Å². The first-order valence-electron chi connectivity index (χ1n) is 8.70. The molecule has 0 aromatic carbocycles. The van der Waals surface area contributed by atoms with Gasteiger partial charge in [0.05, 0.1) is 0 Å². The van der Waals surface area contributed by atoms with E-state index in [4.69, 9.17) is 4.74 Å². The second-order valence-corrected chi connectivity index (χ2v) is 6.41. The lowest BCUT2D eigenvalue weighted by Crippen LogP contribution is -2.21. The van der Waals surface area contributed by atoms with Crippen LogP contribution in [-0.2, 0) is 9.53 Å². The van der Waals surface area contributed by atoms with E-state index in [2.05, 4.69) is 20.8 Å². The van der Waals surface area contributed by atoms with Crippen molar-refractivity contribution in [2.24, 2.45) is 11.8 Å². The molecule has 0 saturated heterocycles. The van der Waals surface area contributed by atoms with E-state index in [0.29, 0.717) is 12.3 Å². The number of carbonyl (C=O) groups excluding carboxylic acids is 1. The zero-order valence-electron chi connectivity index (χ0n) is 14.4. The highest BCUT2D eigenvalue weighted by molar-refractivity contribution is 5.69. The summed E-state index contributed by atoms with van der Waals surface area (Å²) in [6.07, 6.45) is 11.1. The minimum atomic E-state index is -0.0753. The molecule has 20 heavy (non-hydrogen) atoms. The Labute approximate surface area is 126 Å². The van der Waals surface area contributed by atoms with Crippen LogP contribution in [0.25, 0.3) is 0 Å². The van der Waals surface area contributed by atoms with Gasteiger partial charge in [-0.2, -0.15) is 0 Å². The summed E-state index contributed by atoms with van der Waals surface area (Å²) in [4.78, 5) is 11.3. The molecule has 0 rings (SSSR count). The fourth-order valence-corrected chi connectivity index (χ4v) is 2.49. The average Bonchev–Trinajstić information content (AvgIpc) is 2.43. The second-order valence-electron chi connectivity index (χ2n) is 6.41. The summed E-state index contributed by atoms with van der Waals surface area (Å²) in [5.74, 6) is 1.24. The lowest BCUT2D eigenvalue weighted by atomic mass is 9.93. The van der Waals surface area contributed by atoms with Crippen LogP contribution in [-0.4, -0.2) is 12.1 Å². The van der Waals surface area contributed by atoms with E-state index >= 15 is 0 Å². The van der Waals surface area contributed by atoms with Crippen LogP contribution in [0.1, 0.15) is 92.4 Å². The van der Waals surface area contributed by atoms with Crippen LogP contribution in [0, 0.1) is 11.8 Å². The molecule has 0 spiro atoms. The van der Waals surface area contributed by atoms with Gasteiger partial charge in [-0.3, -0.25) is 4.79 Å². The molecular weight excluding hydrogens is 248 g/mol. The number of hydrogen-bond acceptors (Lipinski definition) is 2. The molecule has 0 amide bonds. The zero-order valence-corrected chi connectivity index (χ0v) is 14.4. The minimum Gasteiger partial charge on any atom is -0.462 e. The van der Waals surface area contributed by atoms with Crippen LogP contribution in [0.5, 0.6) is 0 Å². The fraction of sp³-hybridized carbons (Fsp3) is 0.944. The van der Waals surface area contributed by atoms with Gasteiger partial charge in [-0.1, -0.05) is 72.6 Å². The third-order valence-electron chi connectivity index (χ3n) is 4.31. The highest BCUT2D eigenvalue weighted by atomic mass is 16.5. The van der Waals surface area contributed by atoms with Gasteiger partial charge < -0.3 is 4.74 Å². The Bertz CT molecular complexity index is 238. The predicted octanol–water partition coefficient (Wildman–Crippen LogP) is 5.74. The Morgan fingerprint density at radius 2 is 1.55 bits per heavy atom. The van der Waals surface area contributed by atoms with Gasteiger partial charge in [-0.05, 0) is 25.2 Å². The first-order valence-corrected chi connectivity index (χ1v) is 8.70. The van der Waals surface area contributed by atoms with Crippen LogP contribution in [0.15, 0.2) is 0 Å². The third-order valence-corrected chi connectivity index (χ3v) is 4.31. The maximum absolute atomic E-state index is 11.3. The van der Waals surface area contributed by atoms with E-state index in [-0.39, 0.29) is 12.1 Å². The number of esters is 1. The van der Waals surface area contributed by atoms with Crippen molar-refractivity contribution in [1.82, 2.24) is 0 Å². The molecule has 0 aromatic heterocycles. The van der Waals surface area contributed by atoms with E-state index in [9.17, 15) is 4.79 Å². The molecule has 2 nitrogen and oxygen atoms in total. The van der Waals surface area contributed by atoms with Crippen LogP contribution < -0.4 is 0 Å². The summed E-state index contributed by atoms with van der Waals surface area (Å²) >= 11 is 0. The SMILES string of the molecule is CCCCCC[C@H](C)CCC[C@@H](C)[C@H](C)OC(=O)CC.